The molecule has 0 bridgehead atoms. The first-order valence-electron chi connectivity index (χ1n) is 4.68. The molecule has 0 fully saturated rings. The Hall–Kier alpha value is -1.38. The van der Waals surface area contributed by atoms with Crippen LogP contribution in [-0.2, 0) is 0 Å². The van der Waals surface area contributed by atoms with Crippen LogP contribution in [0.5, 0.6) is 0 Å². The SMILES string of the molecule is Nc1cccc(-c2cc(N)cc(Cl)c2Cl)c1. The fraction of sp³-hybridized carbons (Fsp3) is 0. The number of anilines is 2. The summed E-state index contributed by atoms with van der Waals surface area (Å²) in [5.74, 6) is 0. The molecule has 0 unspecified atom stereocenters. The third-order valence-corrected chi connectivity index (χ3v) is 3.05. The Bertz CT molecular complexity index is 539. The molecule has 0 radical (unpaired) electrons. The van der Waals surface area contributed by atoms with Gasteiger partial charge in [-0.25, -0.2) is 0 Å². The summed E-state index contributed by atoms with van der Waals surface area (Å²) in [5, 5.41) is 0.931. The van der Waals surface area contributed by atoms with Crippen LogP contribution in [0, 0.1) is 0 Å². The van der Waals surface area contributed by atoms with E-state index in [2.05, 4.69) is 0 Å². The highest BCUT2D eigenvalue weighted by molar-refractivity contribution is 6.44. The van der Waals surface area contributed by atoms with Crippen LogP contribution in [0.15, 0.2) is 36.4 Å². The van der Waals surface area contributed by atoms with Gasteiger partial charge in [0.25, 0.3) is 0 Å². The zero-order valence-electron chi connectivity index (χ0n) is 8.37. The first-order chi connectivity index (χ1) is 7.58. The molecule has 4 heteroatoms. The van der Waals surface area contributed by atoms with E-state index in [1.165, 1.54) is 0 Å². The van der Waals surface area contributed by atoms with Gasteiger partial charge in [-0.05, 0) is 29.8 Å². The van der Waals surface area contributed by atoms with Crippen molar-refractivity contribution in [1.29, 1.82) is 0 Å². The van der Waals surface area contributed by atoms with Crippen molar-refractivity contribution in [3.05, 3.63) is 46.4 Å². The Morgan fingerprint density at radius 2 is 1.62 bits per heavy atom. The second kappa shape index (κ2) is 4.24. The average Bonchev–Trinajstić information content (AvgIpc) is 2.23. The lowest BCUT2D eigenvalue weighted by Gasteiger charge is -2.08. The van der Waals surface area contributed by atoms with Gasteiger partial charge in [-0.15, -0.1) is 0 Å². The van der Waals surface area contributed by atoms with Gasteiger partial charge in [0.2, 0.25) is 0 Å². The Morgan fingerprint density at radius 3 is 2.31 bits per heavy atom. The molecular weight excluding hydrogens is 243 g/mol. The Labute approximate surface area is 104 Å². The normalized spacial score (nSPS) is 10.4. The molecule has 82 valence electrons. The molecule has 0 atom stereocenters. The Balaban J connectivity index is 2.64. The lowest BCUT2D eigenvalue weighted by atomic mass is 10.0. The van der Waals surface area contributed by atoms with E-state index in [1.807, 2.05) is 24.3 Å². The van der Waals surface area contributed by atoms with Crippen molar-refractivity contribution in [3.8, 4) is 11.1 Å². The van der Waals surface area contributed by atoms with Gasteiger partial charge in [0, 0.05) is 16.9 Å². The first kappa shape index (κ1) is 11.1. The number of rotatable bonds is 1. The summed E-state index contributed by atoms with van der Waals surface area (Å²) in [7, 11) is 0. The van der Waals surface area contributed by atoms with Gasteiger partial charge in [0.05, 0.1) is 10.0 Å². The van der Waals surface area contributed by atoms with Crippen molar-refractivity contribution >= 4 is 34.6 Å². The molecule has 2 rings (SSSR count). The highest BCUT2D eigenvalue weighted by Crippen LogP contribution is 2.36. The molecule has 0 spiro atoms. The molecule has 0 aromatic heterocycles. The van der Waals surface area contributed by atoms with E-state index in [1.54, 1.807) is 12.1 Å². The zero-order valence-corrected chi connectivity index (χ0v) is 9.89. The van der Waals surface area contributed by atoms with E-state index in [0.29, 0.717) is 21.4 Å². The third kappa shape index (κ3) is 2.08. The zero-order chi connectivity index (χ0) is 11.7. The minimum absolute atomic E-state index is 0.444. The van der Waals surface area contributed by atoms with Crippen molar-refractivity contribution < 1.29 is 0 Å². The van der Waals surface area contributed by atoms with Crippen molar-refractivity contribution in [2.24, 2.45) is 0 Å². The van der Waals surface area contributed by atoms with Crippen LogP contribution in [0.4, 0.5) is 11.4 Å². The molecular formula is C12H10Cl2N2. The first-order valence-corrected chi connectivity index (χ1v) is 5.44. The molecule has 0 heterocycles. The van der Waals surface area contributed by atoms with E-state index < -0.39 is 0 Å². The predicted molar refractivity (Wildman–Crippen MR) is 70.7 cm³/mol. The second-order valence-corrected chi connectivity index (χ2v) is 4.27. The number of hydrogen-bond donors (Lipinski definition) is 2. The van der Waals surface area contributed by atoms with Crippen molar-refractivity contribution in [2.75, 3.05) is 11.5 Å². The molecule has 0 amide bonds. The van der Waals surface area contributed by atoms with Gasteiger partial charge in [-0.2, -0.15) is 0 Å². The van der Waals surface area contributed by atoms with Gasteiger partial charge in [0.15, 0.2) is 0 Å². The Morgan fingerprint density at radius 1 is 0.875 bits per heavy atom. The topological polar surface area (TPSA) is 52.0 Å². The Kier molecular flexibility index (Phi) is 2.95. The van der Waals surface area contributed by atoms with E-state index >= 15 is 0 Å². The number of nitrogens with two attached hydrogens (primary N) is 2. The number of nitrogen functional groups attached to an aromatic ring is 2. The van der Waals surface area contributed by atoms with E-state index in [0.717, 1.165) is 11.1 Å². The van der Waals surface area contributed by atoms with Crippen LogP contribution in [0.2, 0.25) is 10.0 Å². The summed E-state index contributed by atoms with van der Waals surface area (Å²) in [5.41, 5.74) is 14.4. The van der Waals surface area contributed by atoms with E-state index in [4.69, 9.17) is 34.7 Å². The lowest BCUT2D eigenvalue weighted by Crippen LogP contribution is -1.89. The quantitative estimate of drug-likeness (QED) is 0.759. The van der Waals surface area contributed by atoms with E-state index in [-0.39, 0.29) is 0 Å². The summed E-state index contributed by atoms with van der Waals surface area (Å²) >= 11 is 12.1. The minimum Gasteiger partial charge on any atom is -0.399 e. The third-order valence-electron chi connectivity index (χ3n) is 2.25. The fourth-order valence-electron chi connectivity index (χ4n) is 1.53. The lowest BCUT2D eigenvalue weighted by molar-refractivity contribution is 1.60. The van der Waals surface area contributed by atoms with E-state index in [9.17, 15) is 0 Å². The van der Waals surface area contributed by atoms with Gasteiger partial charge in [0.1, 0.15) is 0 Å². The molecule has 16 heavy (non-hydrogen) atoms. The number of benzene rings is 2. The van der Waals surface area contributed by atoms with Crippen molar-refractivity contribution in [1.82, 2.24) is 0 Å². The standard InChI is InChI=1S/C12H10Cl2N2/c13-11-6-9(16)5-10(12(11)14)7-2-1-3-8(15)4-7/h1-6H,15-16H2. The predicted octanol–water partition coefficient (Wildman–Crippen LogP) is 3.82. The molecule has 4 N–H and O–H groups in total. The number of hydrogen-bond acceptors (Lipinski definition) is 2. The summed E-state index contributed by atoms with van der Waals surface area (Å²) in [6.07, 6.45) is 0. The average molecular weight is 253 g/mol. The summed E-state index contributed by atoms with van der Waals surface area (Å²) in [4.78, 5) is 0. The molecule has 2 nitrogen and oxygen atoms in total. The second-order valence-electron chi connectivity index (χ2n) is 3.49. The number of halogens is 2. The molecule has 0 saturated carbocycles. The van der Waals surface area contributed by atoms with Crippen LogP contribution < -0.4 is 11.5 Å². The highest BCUT2D eigenvalue weighted by Gasteiger charge is 2.08. The van der Waals surface area contributed by atoms with Crippen LogP contribution >= 0.6 is 23.2 Å². The van der Waals surface area contributed by atoms with Crippen LogP contribution in [0.25, 0.3) is 11.1 Å². The van der Waals surface area contributed by atoms with Gasteiger partial charge in [-0.3, -0.25) is 0 Å². The molecule has 0 saturated heterocycles. The van der Waals surface area contributed by atoms with Gasteiger partial charge in [-0.1, -0.05) is 35.3 Å². The summed E-state index contributed by atoms with van der Waals surface area (Å²) in [6, 6.07) is 10.8. The van der Waals surface area contributed by atoms with Crippen molar-refractivity contribution in [2.45, 2.75) is 0 Å². The summed E-state index contributed by atoms with van der Waals surface area (Å²) < 4.78 is 0. The molecule has 2 aromatic rings. The fourth-order valence-corrected chi connectivity index (χ4v) is 1.97. The molecule has 0 aliphatic heterocycles. The monoisotopic (exact) mass is 252 g/mol. The maximum Gasteiger partial charge on any atom is 0.0672 e. The van der Waals surface area contributed by atoms with Crippen LogP contribution in [0.3, 0.4) is 0 Å². The molecule has 2 aromatic carbocycles. The minimum atomic E-state index is 0.444. The highest BCUT2D eigenvalue weighted by atomic mass is 35.5. The van der Waals surface area contributed by atoms with Crippen LogP contribution in [-0.4, -0.2) is 0 Å². The molecule has 0 aliphatic carbocycles. The molecule has 0 aliphatic rings. The summed E-state index contributed by atoms with van der Waals surface area (Å²) in [6.45, 7) is 0. The smallest absolute Gasteiger partial charge is 0.0672 e. The van der Waals surface area contributed by atoms with Gasteiger partial charge < -0.3 is 11.5 Å². The maximum absolute atomic E-state index is 6.12. The van der Waals surface area contributed by atoms with Crippen LogP contribution in [0.1, 0.15) is 0 Å². The largest absolute Gasteiger partial charge is 0.399 e. The van der Waals surface area contributed by atoms with Gasteiger partial charge >= 0.3 is 0 Å². The maximum atomic E-state index is 6.12. The van der Waals surface area contributed by atoms with Crippen molar-refractivity contribution in [3.63, 3.8) is 0 Å².